The van der Waals surface area contributed by atoms with Crippen LogP contribution in [0.25, 0.3) is 0 Å². The van der Waals surface area contributed by atoms with Crippen molar-refractivity contribution in [3.05, 3.63) is 0 Å². The Labute approximate surface area is 80.2 Å². The van der Waals surface area contributed by atoms with Crippen LogP contribution in [0.2, 0.25) is 0 Å². The second-order valence-electron chi connectivity index (χ2n) is 3.23. The number of rotatable bonds is 0. The predicted octanol–water partition coefficient (Wildman–Crippen LogP) is -6.55. The first-order valence-corrected chi connectivity index (χ1v) is 4.36. The minimum atomic E-state index is -5.11. The second kappa shape index (κ2) is 6.17. The van der Waals surface area contributed by atoms with Gasteiger partial charge in [-0.15, -0.1) is 0 Å². The molecule has 0 saturated carbocycles. The third-order valence-electron chi connectivity index (χ3n) is 0. The summed E-state index contributed by atoms with van der Waals surface area (Å²) in [5.41, 5.74) is 0. The van der Waals surface area contributed by atoms with Gasteiger partial charge in [0.15, 0.2) is 0 Å². The maximum absolute atomic E-state index is 8.80. The van der Waals surface area contributed by atoms with Crippen LogP contribution in [0, 0.1) is 0 Å². The summed E-state index contributed by atoms with van der Waals surface area (Å²) in [6.45, 7) is 0. The van der Waals surface area contributed by atoms with Crippen LogP contribution in [0.1, 0.15) is 0 Å². The van der Waals surface area contributed by atoms with Crippen LogP contribution in [0.15, 0.2) is 0 Å². The Hall–Kier alpha value is 0.614. The molecular formula is C4H14LiNO4Si. The summed E-state index contributed by atoms with van der Waals surface area (Å²) in [4.78, 5) is 31.8. The summed E-state index contributed by atoms with van der Waals surface area (Å²) in [6.07, 6.45) is 0. The third kappa shape index (κ3) is 2090. The molecule has 0 radical (unpaired) electrons. The SMILES string of the molecule is C[N+](C)(C)C.[Li+].[O-][Si]([O-])(O)O. The maximum Gasteiger partial charge on any atom is 1.00 e. The molecule has 7 heteroatoms. The molecule has 0 aliphatic heterocycles. The van der Waals surface area contributed by atoms with Crippen molar-refractivity contribution in [2.75, 3.05) is 28.2 Å². The van der Waals surface area contributed by atoms with Crippen molar-refractivity contribution < 1.29 is 42.5 Å². The van der Waals surface area contributed by atoms with E-state index in [1.54, 1.807) is 0 Å². The van der Waals surface area contributed by atoms with E-state index in [0.717, 1.165) is 4.48 Å². The Morgan fingerprint density at radius 2 is 1.00 bits per heavy atom. The van der Waals surface area contributed by atoms with Crippen molar-refractivity contribution in [1.82, 2.24) is 0 Å². The first-order chi connectivity index (χ1) is 4.00. The Morgan fingerprint density at radius 1 is 1.00 bits per heavy atom. The Bertz CT molecular complexity index is 65.1. The Morgan fingerprint density at radius 3 is 1.00 bits per heavy atom. The van der Waals surface area contributed by atoms with Crippen LogP contribution in [-0.2, 0) is 0 Å². The van der Waals surface area contributed by atoms with Gasteiger partial charge in [-0.05, 0) is 0 Å². The minimum absolute atomic E-state index is 0. The summed E-state index contributed by atoms with van der Waals surface area (Å²) >= 11 is 0. The predicted molar refractivity (Wildman–Crippen MR) is 34.1 cm³/mol. The normalized spacial score (nSPS) is 10.9. The molecule has 0 amide bonds. The standard InChI is InChI=1S/C4H12N.Li.H2O4Si/c1-5(2,3)4;;1-5(2,3)4/h1-4H3;;1-2H/q2*+1;-2. The summed E-state index contributed by atoms with van der Waals surface area (Å²) in [6, 6.07) is 0. The van der Waals surface area contributed by atoms with Gasteiger partial charge in [0.1, 0.15) is 9.05 Å². The monoisotopic (exact) mass is 175 g/mol. The summed E-state index contributed by atoms with van der Waals surface area (Å²) in [5.74, 6) is 0. The molecule has 0 heterocycles. The molecule has 0 saturated heterocycles. The molecule has 0 aliphatic rings. The van der Waals surface area contributed by atoms with E-state index in [1.165, 1.54) is 0 Å². The van der Waals surface area contributed by atoms with Crippen molar-refractivity contribution in [2.45, 2.75) is 0 Å². The fourth-order valence-electron chi connectivity index (χ4n) is 0. The molecule has 0 aromatic heterocycles. The van der Waals surface area contributed by atoms with Crippen LogP contribution in [-0.4, -0.2) is 51.3 Å². The van der Waals surface area contributed by atoms with Gasteiger partial charge in [-0.25, -0.2) is 0 Å². The molecule has 0 aromatic rings. The van der Waals surface area contributed by atoms with E-state index in [2.05, 4.69) is 28.2 Å². The van der Waals surface area contributed by atoms with E-state index >= 15 is 0 Å². The first-order valence-electron chi connectivity index (χ1n) is 2.64. The van der Waals surface area contributed by atoms with Crippen LogP contribution in [0.5, 0.6) is 0 Å². The molecule has 11 heavy (non-hydrogen) atoms. The molecule has 5 nitrogen and oxygen atoms in total. The van der Waals surface area contributed by atoms with Crippen molar-refractivity contribution in [3.63, 3.8) is 0 Å². The van der Waals surface area contributed by atoms with Crippen LogP contribution < -0.4 is 28.5 Å². The topological polar surface area (TPSA) is 86.6 Å². The second-order valence-corrected chi connectivity index (χ2v) is 4.33. The largest absolute Gasteiger partial charge is 1.00 e. The summed E-state index contributed by atoms with van der Waals surface area (Å²) < 4.78 is 1.00. The molecule has 0 aromatic carbocycles. The number of hydrogen-bond acceptors (Lipinski definition) is 4. The van der Waals surface area contributed by atoms with Gasteiger partial charge in [-0.1, -0.05) is 0 Å². The first kappa shape index (κ1) is 17.6. The van der Waals surface area contributed by atoms with Gasteiger partial charge < -0.3 is 23.7 Å². The molecule has 0 rings (SSSR count). The average molecular weight is 175 g/mol. The zero-order valence-electron chi connectivity index (χ0n) is 7.66. The van der Waals surface area contributed by atoms with Gasteiger partial charge in [-0.2, -0.15) is 0 Å². The van der Waals surface area contributed by atoms with E-state index in [-0.39, 0.29) is 18.9 Å². The number of hydrogen-bond donors (Lipinski definition) is 2. The maximum atomic E-state index is 8.80. The van der Waals surface area contributed by atoms with Crippen molar-refractivity contribution in [2.24, 2.45) is 0 Å². The molecule has 2 N–H and O–H groups in total. The smallest absolute Gasteiger partial charge is 0.828 e. The van der Waals surface area contributed by atoms with Gasteiger partial charge >= 0.3 is 18.9 Å². The zero-order chi connectivity index (χ0) is 9.00. The van der Waals surface area contributed by atoms with E-state index in [4.69, 9.17) is 19.2 Å². The van der Waals surface area contributed by atoms with E-state index in [9.17, 15) is 0 Å². The Balaban J connectivity index is -0.000000107. The van der Waals surface area contributed by atoms with E-state index < -0.39 is 9.05 Å². The molecule has 0 spiro atoms. The van der Waals surface area contributed by atoms with Gasteiger partial charge in [0, 0.05) is 0 Å². The van der Waals surface area contributed by atoms with Crippen molar-refractivity contribution in [3.8, 4) is 0 Å². The van der Waals surface area contributed by atoms with E-state index in [0.29, 0.717) is 0 Å². The van der Waals surface area contributed by atoms with Gasteiger partial charge in [0.05, 0.1) is 28.2 Å². The van der Waals surface area contributed by atoms with Crippen LogP contribution >= 0.6 is 0 Å². The summed E-state index contributed by atoms with van der Waals surface area (Å²) in [5, 5.41) is 0. The fourth-order valence-corrected chi connectivity index (χ4v) is 0. The molecule has 64 valence electrons. The van der Waals surface area contributed by atoms with Gasteiger partial charge in [0.2, 0.25) is 0 Å². The van der Waals surface area contributed by atoms with Crippen molar-refractivity contribution >= 4 is 9.05 Å². The fraction of sp³-hybridized carbons (Fsp3) is 1.00. The van der Waals surface area contributed by atoms with Crippen LogP contribution in [0.4, 0.5) is 0 Å². The minimum Gasteiger partial charge on any atom is -0.828 e. The van der Waals surface area contributed by atoms with Gasteiger partial charge in [0.25, 0.3) is 0 Å². The Kier molecular flexibility index (Phi) is 9.88. The van der Waals surface area contributed by atoms with Crippen LogP contribution in [0.3, 0.4) is 0 Å². The quantitative estimate of drug-likeness (QED) is 0.283. The molecule has 0 unspecified atom stereocenters. The average Bonchev–Trinajstić information content (AvgIpc) is 1.12. The number of quaternary nitrogens is 1. The van der Waals surface area contributed by atoms with Crippen molar-refractivity contribution in [1.29, 1.82) is 0 Å². The summed E-state index contributed by atoms with van der Waals surface area (Å²) in [7, 11) is 3.39. The van der Waals surface area contributed by atoms with E-state index in [1.807, 2.05) is 0 Å². The zero-order valence-corrected chi connectivity index (χ0v) is 8.66. The molecular weight excluding hydrogens is 161 g/mol. The molecule has 0 bridgehead atoms. The molecule has 0 aliphatic carbocycles. The molecule has 0 atom stereocenters. The molecule has 0 fully saturated rings. The third-order valence-corrected chi connectivity index (χ3v) is 0. The number of nitrogens with zero attached hydrogens (tertiary/aromatic N) is 1. The van der Waals surface area contributed by atoms with Gasteiger partial charge in [-0.3, -0.25) is 0 Å².